The Labute approximate surface area is 145 Å². The number of nitrogens with zero attached hydrogens (tertiary/aromatic N) is 2. The highest BCUT2D eigenvalue weighted by atomic mass is 79.9. The number of halogens is 4. The van der Waals surface area contributed by atoms with Gasteiger partial charge in [-0.2, -0.15) is 18.2 Å². The van der Waals surface area contributed by atoms with Crippen LogP contribution in [0.15, 0.2) is 34.8 Å². The van der Waals surface area contributed by atoms with E-state index >= 15 is 0 Å². The van der Waals surface area contributed by atoms with Crippen LogP contribution in [0.25, 0.3) is 0 Å². The Bertz CT molecular complexity index is 682. The summed E-state index contributed by atoms with van der Waals surface area (Å²) in [5.41, 5.74) is -0.132. The van der Waals surface area contributed by atoms with Gasteiger partial charge in [0.15, 0.2) is 5.69 Å². The maximum absolute atomic E-state index is 13.0. The fraction of sp³-hybridized carbons (Fsp3) is 0.333. The Hall–Kier alpha value is -1.87. The molecule has 0 aliphatic rings. The van der Waals surface area contributed by atoms with Crippen LogP contribution >= 0.6 is 15.9 Å². The van der Waals surface area contributed by atoms with E-state index in [-0.39, 0.29) is 24.9 Å². The number of anilines is 2. The maximum Gasteiger partial charge on any atom is 0.433 e. The van der Waals surface area contributed by atoms with Crippen LogP contribution in [-0.4, -0.2) is 28.2 Å². The molecule has 0 atom stereocenters. The van der Waals surface area contributed by atoms with Crippen molar-refractivity contribution in [3.05, 3.63) is 46.1 Å². The molecule has 0 saturated heterocycles. The van der Waals surface area contributed by atoms with Crippen LogP contribution in [0.2, 0.25) is 0 Å². The second kappa shape index (κ2) is 8.29. The number of aliphatic hydroxyl groups excluding tert-OH is 1. The topological polar surface area (TPSA) is 70.1 Å². The predicted octanol–water partition coefficient (Wildman–Crippen LogP) is 3.66. The molecule has 9 heteroatoms. The maximum atomic E-state index is 13.0. The van der Waals surface area contributed by atoms with E-state index in [0.717, 1.165) is 16.1 Å². The molecular weight excluding hydrogens is 389 g/mol. The molecule has 130 valence electrons. The molecule has 1 heterocycles. The van der Waals surface area contributed by atoms with Crippen LogP contribution in [0.5, 0.6) is 0 Å². The molecule has 0 spiro atoms. The third-order valence-corrected chi connectivity index (χ3v) is 3.49. The first-order valence-electron chi connectivity index (χ1n) is 7.18. The fourth-order valence-corrected chi connectivity index (χ4v) is 2.33. The van der Waals surface area contributed by atoms with Crippen molar-refractivity contribution in [2.24, 2.45) is 0 Å². The summed E-state index contributed by atoms with van der Waals surface area (Å²) in [4.78, 5) is 7.50. The molecule has 0 unspecified atom stereocenters. The van der Waals surface area contributed by atoms with Crippen molar-refractivity contribution in [1.82, 2.24) is 9.97 Å². The van der Waals surface area contributed by atoms with E-state index in [2.05, 4.69) is 36.5 Å². The highest BCUT2D eigenvalue weighted by Gasteiger charge is 2.33. The Balaban J connectivity index is 2.16. The van der Waals surface area contributed by atoms with Crippen LogP contribution in [0.4, 0.5) is 24.9 Å². The fourth-order valence-electron chi connectivity index (χ4n) is 1.88. The first kappa shape index (κ1) is 18.5. The summed E-state index contributed by atoms with van der Waals surface area (Å²) in [6.45, 7) is 0.534. The van der Waals surface area contributed by atoms with Crippen molar-refractivity contribution in [3.8, 4) is 0 Å². The molecule has 2 rings (SSSR count). The van der Waals surface area contributed by atoms with Gasteiger partial charge in [0.1, 0.15) is 5.82 Å². The first-order chi connectivity index (χ1) is 11.4. The molecule has 0 radical (unpaired) electrons. The third-order valence-electron chi connectivity index (χ3n) is 3.00. The molecule has 0 aliphatic heterocycles. The Morgan fingerprint density at radius 2 is 1.92 bits per heavy atom. The smallest absolute Gasteiger partial charge is 0.396 e. The van der Waals surface area contributed by atoms with Crippen molar-refractivity contribution >= 4 is 27.7 Å². The SMILES string of the molecule is OCCCNc1nc(NCc2cccc(Br)c2)cc(C(F)(F)F)n1. The number of aliphatic hydroxyl groups is 1. The molecule has 24 heavy (non-hydrogen) atoms. The zero-order valence-electron chi connectivity index (χ0n) is 12.6. The quantitative estimate of drug-likeness (QED) is 0.614. The normalized spacial score (nSPS) is 11.4. The number of hydrogen-bond acceptors (Lipinski definition) is 5. The van der Waals surface area contributed by atoms with Gasteiger partial charge in [-0.25, -0.2) is 4.98 Å². The van der Waals surface area contributed by atoms with Gasteiger partial charge in [0, 0.05) is 30.2 Å². The Morgan fingerprint density at radius 1 is 1.12 bits per heavy atom. The van der Waals surface area contributed by atoms with Crippen molar-refractivity contribution < 1.29 is 18.3 Å². The molecule has 0 fully saturated rings. The van der Waals surface area contributed by atoms with E-state index in [4.69, 9.17) is 5.11 Å². The standard InChI is InChI=1S/C15H16BrF3N4O/c16-11-4-1-3-10(7-11)9-21-13-8-12(15(17,18)19)22-14(23-13)20-5-2-6-24/h1,3-4,7-8,24H,2,5-6,9H2,(H2,20,21,22,23). The van der Waals surface area contributed by atoms with Gasteiger partial charge in [-0.3, -0.25) is 0 Å². The third kappa shape index (κ3) is 5.64. The average Bonchev–Trinajstić information content (AvgIpc) is 2.52. The summed E-state index contributed by atoms with van der Waals surface area (Å²) in [6, 6.07) is 8.28. The minimum absolute atomic E-state index is 0.0695. The highest BCUT2D eigenvalue weighted by Crippen LogP contribution is 2.29. The van der Waals surface area contributed by atoms with Gasteiger partial charge in [0.2, 0.25) is 5.95 Å². The van der Waals surface area contributed by atoms with E-state index in [9.17, 15) is 13.2 Å². The molecule has 3 N–H and O–H groups in total. The zero-order chi connectivity index (χ0) is 17.6. The molecule has 1 aromatic carbocycles. The molecule has 1 aromatic heterocycles. The average molecular weight is 405 g/mol. The predicted molar refractivity (Wildman–Crippen MR) is 88.7 cm³/mol. The molecule has 2 aromatic rings. The number of aromatic nitrogens is 2. The van der Waals surface area contributed by atoms with Crippen molar-refractivity contribution in [3.63, 3.8) is 0 Å². The van der Waals surface area contributed by atoms with E-state index in [0.29, 0.717) is 13.0 Å². The van der Waals surface area contributed by atoms with Crippen LogP contribution in [0.1, 0.15) is 17.7 Å². The van der Waals surface area contributed by atoms with Crippen LogP contribution in [0.3, 0.4) is 0 Å². The molecule has 0 amide bonds. The summed E-state index contributed by atoms with van der Waals surface area (Å²) in [6.07, 6.45) is -4.18. The number of hydrogen-bond donors (Lipinski definition) is 3. The summed E-state index contributed by atoms with van der Waals surface area (Å²) < 4.78 is 39.8. The van der Waals surface area contributed by atoms with Gasteiger partial charge in [0.05, 0.1) is 0 Å². The van der Waals surface area contributed by atoms with Crippen molar-refractivity contribution in [2.75, 3.05) is 23.8 Å². The lowest BCUT2D eigenvalue weighted by Gasteiger charge is -2.13. The van der Waals surface area contributed by atoms with Crippen LogP contribution in [-0.2, 0) is 12.7 Å². The summed E-state index contributed by atoms with van der Waals surface area (Å²) >= 11 is 3.34. The number of alkyl halides is 3. The van der Waals surface area contributed by atoms with Crippen molar-refractivity contribution in [2.45, 2.75) is 19.1 Å². The minimum Gasteiger partial charge on any atom is -0.396 e. The van der Waals surface area contributed by atoms with E-state index in [1.54, 1.807) is 0 Å². The summed E-state index contributed by atoms with van der Waals surface area (Å²) in [7, 11) is 0. The Morgan fingerprint density at radius 3 is 2.58 bits per heavy atom. The highest BCUT2D eigenvalue weighted by molar-refractivity contribution is 9.10. The summed E-state index contributed by atoms with van der Waals surface area (Å²) in [5, 5.41) is 14.3. The van der Waals surface area contributed by atoms with Crippen LogP contribution < -0.4 is 10.6 Å². The van der Waals surface area contributed by atoms with E-state index in [1.165, 1.54) is 0 Å². The molecule has 5 nitrogen and oxygen atoms in total. The lowest BCUT2D eigenvalue weighted by atomic mass is 10.2. The van der Waals surface area contributed by atoms with Gasteiger partial charge in [0.25, 0.3) is 0 Å². The molecule has 0 bridgehead atoms. The molecular formula is C15H16BrF3N4O. The zero-order valence-corrected chi connectivity index (χ0v) is 14.2. The monoisotopic (exact) mass is 404 g/mol. The summed E-state index contributed by atoms with van der Waals surface area (Å²) in [5.74, 6) is -0.0567. The number of nitrogens with one attached hydrogen (secondary N) is 2. The van der Waals surface area contributed by atoms with Gasteiger partial charge in [-0.05, 0) is 24.1 Å². The second-order valence-electron chi connectivity index (χ2n) is 4.95. The Kier molecular flexibility index (Phi) is 6.38. The second-order valence-corrected chi connectivity index (χ2v) is 5.86. The lowest BCUT2D eigenvalue weighted by Crippen LogP contribution is -2.15. The largest absolute Gasteiger partial charge is 0.433 e. The van der Waals surface area contributed by atoms with Gasteiger partial charge in [-0.1, -0.05) is 28.1 Å². The van der Waals surface area contributed by atoms with Gasteiger partial charge >= 0.3 is 6.18 Å². The van der Waals surface area contributed by atoms with Crippen molar-refractivity contribution in [1.29, 1.82) is 0 Å². The van der Waals surface area contributed by atoms with E-state index in [1.807, 2.05) is 24.3 Å². The lowest BCUT2D eigenvalue weighted by molar-refractivity contribution is -0.141. The first-order valence-corrected chi connectivity index (χ1v) is 7.97. The van der Waals surface area contributed by atoms with E-state index < -0.39 is 11.9 Å². The molecule has 0 aliphatic carbocycles. The number of benzene rings is 1. The van der Waals surface area contributed by atoms with Crippen LogP contribution in [0, 0.1) is 0 Å². The van der Waals surface area contributed by atoms with Gasteiger partial charge in [-0.15, -0.1) is 0 Å². The number of rotatable bonds is 7. The van der Waals surface area contributed by atoms with Gasteiger partial charge < -0.3 is 15.7 Å². The minimum atomic E-state index is -4.57. The molecule has 0 saturated carbocycles.